The number of hydrogen-bond donors (Lipinski definition) is 1. The van der Waals surface area contributed by atoms with E-state index < -0.39 is 0 Å². The van der Waals surface area contributed by atoms with Crippen molar-refractivity contribution in [2.24, 2.45) is 0 Å². The van der Waals surface area contributed by atoms with Crippen LogP contribution in [0.3, 0.4) is 0 Å². The van der Waals surface area contributed by atoms with Crippen LogP contribution < -0.4 is 5.32 Å². The van der Waals surface area contributed by atoms with Crippen molar-refractivity contribution < 1.29 is 4.79 Å². The Balaban J connectivity index is 1.76. The first-order valence-corrected chi connectivity index (χ1v) is 9.65. The molecule has 24 heavy (non-hydrogen) atoms. The lowest BCUT2D eigenvalue weighted by molar-refractivity contribution is -0.115. The molecule has 2 aromatic heterocycles. The van der Waals surface area contributed by atoms with E-state index in [1.165, 1.54) is 11.8 Å². The number of nitrogens with one attached hydrogen (secondary N) is 1. The summed E-state index contributed by atoms with van der Waals surface area (Å²) in [6.45, 7) is 3.84. The van der Waals surface area contributed by atoms with Crippen LogP contribution in [0.2, 0.25) is 0 Å². The van der Waals surface area contributed by atoms with E-state index in [9.17, 15) is 4.79 Å². The van der Waals surface area contributed by atoms with Gasteiger partial charge in [-0.3, -0.25) is 9.20 Å². The fourth-order valence-electron chi connectivity index (χ4n) is 2.16. The zero-order valence-electron chi connectivity index (χ0n) is 13.0. The molecule has 3 aromatic rings. The van der Waals surface area contributed by atoms with Crippen LogP contribution in [-0.4, -0.2) is 25.8 Å². The van der Waals surface area contributed by atoms with Gasteiger partial charge in [-0.15, -0.1) is 10.2 Å². The molecule has 0 saturated heterocycles. The van der Waals surface area contributed by atoms with Crippen LogP contribution in [0.1, 0.15) is 12.5 Å². The lowest BCUT2D eigenvalue weighted by atomic mass is 10.2. The van der Waals surface area contributed by atoms with Crippen molar-refractivity contribution in [1.29, 1.82) is 0 Å². The number of thioether (sulfide) groups is 1. The quantitative estimate of drug-likeness (QED) is 0.563. The number of hydrogen-bond acceptors (Lipinski definition) is 4. The Bertz CT molecular complexity index is 889. The summed E-state index contributed by atoms with van der Waals surface area (Å²) in [6, 6.07) is 9.61. The predicted molar refractivity (Wildman–Crippen MR) is 104 cm³/mol. The minimum Gasteiger partial charge on any atom is -0.323 e. The number of benzene rings is 1. The van der Waals surface area contributed by atoms with E-state index in [-0.39, 0.29) is 11.2 Å². The molecular weight excluding hydrogens is 456 g/mol. The number of fused-ring (bicyclic) bond motifs is 1. The molecule has 0 saturated carbocycles. The molecule has 1 N–H and O–H groups in total. The third kappa shape index (κ3) is 3.65. The normalized spacial score (nSPS) is 12.3. The number of aryl methyl sites for hydroxylation is 1. The smallest absolute Gasteiger partial charge is 0.237 e. The Morgan fingerprint density at radius 2 is 1.96 bits per heavy atom. The Morgan fingerprint density at radius 1 is 1.25 bits per heavy atom. The lowest BCUT2D eigenvalue weighted by Crippen LogP contribution is -2.23. The third-order valence-electron chi connectivity index (χ3n) is 3.37. The molecule has 1 amide bonds. The molecule has 0 bridgehead atoms. The van der Waals surface area contributed by atoms with E-state index in [2.05, 4.69) is 47.4 Å². The van der Waals surface area contributed by atoms with Gasteiger partial charge in [0.25, 0.3) is 0 Å². The van der Waals surface area contributed by atoms with Gasteiger partial charge in [0.15, 0.2) is 10.8 Å². The summed E-state index contributed by atoms with van der Waals surface area (Å²) in [5.41, 5.74) is 2.59. The van der Waals surface area contributed by atoms with Crippen molar-refractivity contribution in [2.45, 2.75) is 24.3 Å². The fraction of sp³-hybridized carbons (Fsp3) is 0.188. The number of nitrogens with zero attached hydrogens (tertiary/aromatic N) is 3. The molecular formula is C16H14Br2N4OS. The van der Waals surface area contributed by atoms with Crippen molar-refractivity contribution in [2.75, 3.05) is 5.32 Å². The summed E-state index contributed by atoms with van der Waals surface area (Å²) in [7, 11) is 0. The molecule has 0 unspecified atom stereocenters. The first-order chi connectivity index (χ1) is 11.5. The number of rotatable bonds is 4. The van der Waals surface area contributed by atoms with Gasteiger partial charge in [-0.05, 0) is 75.5 Å². The minimum atomic E-state index is -0.322. The second-order valence-electron chi connectivity index (χ2n) is 5.26. The molecule has 0 aliphatic carbocycles. The van der Waals surface area contributed by atoms with Crippen molar-refractivity contribution >= 4 is 60.9 Å². The van der Waals surface area contributed by atoms with Gasteiger partial charge >= 0.3 is 0 Å². The van der Waals surface area contributed by atoms with Gasteiger partial charge in [-0.1, -0.05) is 17.8 Å². The number of halogens is 2. The van der Waals surface area contributed by atoms with Gasteiger partial charge < -0.3 is 5.32 Å². The molecule has 2 heterocycles. The summed E-state index contributed by atoms with van der Waals surface area (Å²) in [5.74, 6) is -0.0991. The molecule has 0 aliphatic heterocycles. The van der Waals surface area contributed by atoms with E-state index in [0.717, 1.165) is 25.8 Å². The molecule has 8 heteroatoms. The second-order valence-corrected chi connectivity index (χ2v) is 8.28. The van der Waals surface area contributed by atoms with Crippen LogP contribution in [0.15, 0.2) is 50.6 Å². The van der Waals surface area contributed by atoms with Crippen LogP contribution in [0.4, 0.5) is 5.69 Å². The minimum absolute atomic E-state index is 0.0991. The highest BCUT2D eigenvalue weighted by Gasteiger charge is 2.19. The maximum atomic E-state index is 12.5. The van der Waals surface area contributed by atoms with Crippen molar-refractivity contribution in [3.05, 3.63) is 51.0 Å². The maximum absolute atomic E-state index is 12.5. The Hall–Kier alpha value is -1.38. The van der Waals surface area contributed by atoms with Crippen LogP contribution in [-0.2, 0) is 4.79 Å². The summed E-state index contributed by atoms with van der Waals surface area (Å²) in [5, 5.41) is 11.6. The summed E-state index contributed by atoms with van der Waals surface area (Å²) in [6.07, 6.45) is 1.88. The van der Waals surface area contributed by atoms with E-state index in [4.69, 9.17) is 0 Å². The van der Waals surface area contributed by atoms with E-state index in [1.54, 1.807) is 0 Å². The summed E-state index contributed by atoms with van der Waals surface area (Å²) < 4.78 is 3.55. The molecule has 5 nitrogen and oxygen atoms in total. The van der Waals surface area contributed by atoms with Gasteiger partial charge in [-0.25, -0.2) is 0 Å². The molecule has 0 fully saturated rings. The van der Waals surface area contributed by atoms with Crippen molar-refractivity contribution in [3.8, 4) is 0 Å². The number of pyridine rings is 1. The van der Waals surface area contributed by atoms with E-state index in [0.29, 0.717) is 5.16 Å². The van der Waals surface area contributed by atoms with Gasteiger partial charge in [0.05, 0.1) is 10.9 Å². The SMILES string of the molecule is Cc1cc(Br)c(NC(=O)[C@@H](C)Sc2nnc3ccccn23)c(Br)c1. The van der Waals surface area contributed by atoms with Crippen LogP contribution >= 0.6 is 43.6 Å². The van der Waals surface area contributed by atoms with Crippen LogP contribution in [0, 0.1) is 6.92 Å². The lowest BCUT2D eigenvalue weighted by Gasteiger charge is -2.14. The second kappa shape index (κ2) is 7.25. The Morgan fingerprint density at radius 3 is 2.67 bits per heavy atom. The number of amides is 1. The topological polar surface area (TPSA) is 59.3 Å². The van der Waals surface area contributed by atoms with Gasteiger partial charge in [0.1, 0.15) is 0 Å². The number of carbonyl (C=O) groups excluding carboxylic acids is 1. The highest BCUT2D eigenvalue weighted by molar-refractivity contribution is 9.11. The Labute approximate surface area is 160 Å². The van der Waals surface area contributed by atoms with Crippen LogP contribution in [0.25, 0.3) is 5.65 Å². The molecule has 0 aliphatic rings. The summed E-state index contributed by atoms with van der Waals surface area (Å²) >= 11 is 8.35. The summed E-state index contributed by atoms with van der Waals surface area (Å²) in [4.78, 5) is 12.5. The fourth-order valence-corrected chi connectivity index (χ4v) is 4.61. The largest absolute Gasteiger partial charge is 0.323 e. The zero-order valence-corrected chi connectivity index (χ0v) is 16.9. The van der Waals surface area contributed by atoms with Crippen molar-refractivity contribution in [3.63, 3.8) is 0 Å². The van der Waals surface area contributed by atoms with Gasteiger partial charge in [0.2, 0.25) is 5.91 Å². The highest BCUT2D eigenvalue weighted by Crippen LogP contribution is 2.33. The van der Waals surface area contributed by atoms with Crippen LogP contribution in [0.5, 0.6) is 0 Å². The van der Waals surface area contributed by atoms with Crippen molar-refractivity contribution in [1.82, 2.24) is 14.6 Å². The average molecular weight is 470 g/mol. The van der Waals surface area contributed by atoms with Gasteiger partial charge in [0, 0.05) is 15.1 Å². The molecule has 0 spiro atoms. The number of aromatic nitrogens is 3. The number of carbonyl (C=O) groups is 1. The zero-order chi connectivity index (χ0) is 17.3. The predicted octanol–water partition coefficient (Wildman–Crippen LogP) is 4.68. The van der Waals surface area contributed by atoms with E-state index >= 15 is 0 Å². The molecule has 1 aromatic carbocycles. The van der Waals surface area contributed by atoms with Gasteiger partial charge in [-0.2, -0.15) is 0 Å². The molecule has 3 rings (SSSR count). The first kappa shape index (κ1) is 17.4. The molecule has 0 radical (unpaired) electrons. The monoisotopic (exact) mass is 468 g/mol. The molecule has 124 valence electrons. The Kier molecular flexibility index (Phi) is 5.27. The highest BCUT2D eigenvalue weighted by atomic mass is 79.9. The number of anilines is 1. The standard InChI is InChI=1S/C16H14Br2N4OS/c1-9-7-11(17)14(12(18)8-9)19-15(23)10(2)24-16-21-20-13-5-3-4-6-22(13)16/h3-8,10H,1-2H3,(H,19,23)/t10-/m1/s1. The molecule has 1 atom stereocenters. The van der Waals surface area contributed by atoms with E-state index in [1.807, 2.05) is 54.8 Å². The first-order valence-electron chi connectivity index (χ1n) is 7.18. The maximum Gasteiger partial charge on any atom is 0.237 e. The third-order valence-corrected chi connectivity index (χ3v) is 5.68. The average Bonchev–Trinajstić information content (AvgIpc) is 2.94.